The average molecular weight is 514 g/mol. The molecule has 2 N–H and O–H groups in total. The fourth-order valence-electron chi connectivity index (χ4n) is 3.70. The molecule has 4 rings (SSSR count). The largest absolute Gasteiger partial charge is 0.351 e. The molecule has 0 spiro atoms. The number of thioether (sulfide) groups is 1. The van der Waals surface area contributed by atoms with Gasteiger partial charge >= 0.3 is 0 Å². The summed E-state index contributed by atoms with van der Waals surface area (Å²) in [6, 6.07) is 25.0. The van der Waals surface area contributed by atoms with E-state index >= 15 is 0 Å². The monoisotopic (exact) mass is 513 g/mol. The van der Waals surface area contributed by atoms with Crippen LogP contribution in [0.2, 0.25) is 0 Å². The molecule has 0 saturated carbocycles. The van der Waals surface area contributed by atoms with E-state index in [1.54, 1.807) is 0 Å². The van der Waals surface area contributed by atoms with Crippen molar-refractivity contribution in [3.63, 3.8) is 0 Å². The fourth-order valence-corrected chi connectivity index (χ4v) is 4.44. The summed E-state index contributed by atoms with van der Waals surface area (Å²) in [5.41, 5.74) is 4.45. The van der Waals surface area contributed by atoms with Crippen LogP contribution in [0, 0.1) is 0 Å². The van der Waals surface area contributed by atoms with Crippen LogP contribution in [0.25, 0.3) is 11.4 Å². The Hall–Kier alpha value is -3.91. The van der Waals surface area contributed by atoms with E-state index < -0.39 is 0 Å². The molecule has 190 valence electrons. The van der Waals surface area contributed by atoms with Gasteiger partial charge in [-0.05, 0) is 52.9 Å². The number of nitrogens with one attached hydrogen (secondary N) is 2. The van der Waals surface area contributed by atoms with Crippen molar-refractivity contribution < 1.29 is 9.59 Å². The van der Waals surface area contributed by atoms with E-state index in [1.165, 1.54) is 17.3 Å². The van der Waals surface area contributed by atoms with Crippen LogP contribution in [-0.4, -0.2) is 32.3 Å². The molecule has 4 aromatic rings. The van der Waals surface area contributed by atoms with Crippen molar-refractivity contribution in [3.05, 3.63) is 95.6 Å². The molecule has 0 aliphatic carbocycles. The van der Waals surface area contributed by atoms with Gasteiger partial charge in [-0.3, -0.25) is 9.59 Å². The third kappa shape index (κ3) is 6.86. The molecule has 2 amide bonds. The highest BCUT2D eigenvalue weighted by Gasteiger charge is 2.15. The first-order valence-electron chi connectivity index (χ1n) is 12.1. The van der Waals surface area contributed by atoms with Gasteiger partial charge in [-0.25, -0.2) is 0 Å². The SMILES string of the molecule is Cn1c(SCC(=O)NCc2ccccc2)nnc1-c1ccc(NC(=O)c2ccc(C(C)(C)C)cc2)cc1. The summed E-state index contributed by atoms with van der Waals surface area (Å²) in [7, 11) is 1.87. The van der Waals surface area contributed by atoms with Crippen LogP contribution in [0.4, 0.5) is 5.69 Å². The first kappa shape index (κ1) is 26.2. The van der Waals surface area contributed by atoms with E-state index in [4.69, 9.17) is 0 Å². The van der Waals surface area contributed by atoms with Crippen LogP contribution < -0.4 is 10.6 Å². The minimum atomic E-state index is -0.156. The molecule has 3 aromatic carbocycles. The topological polar surface area (TPSA) is 88.9 Å². The predicted molar refractivity (Wildman–Crippen MR) is 149 cm³/mol. The number of aromatic nitrogens is 3. The first-order chi connectivity index (χ1) is 17.7. The molecule has 7 nitrogen and oxygen atoms in total. The van der Waals surface area contributed by atoms with Gasteiger partial charge in [0.2, 0.25) is 5.91 Å². The van der Waals surface area contributed by atoms with Gasteiger partial charge in [0.25, 0.3) is 5.91 Å². The Morgan fingerprint density at radius 2 is 1.57 bits per heavy atom. The van der Waals surface area contributed by atoms with Gasteiger partial charge in [0, 0.05) is 30.4 Å². The second-order valence-electron chi connectivity index (χ2n) is 9.78. The molecule has 0 radical (unpaired) electrons. The van der Waals surface area contributed by atoms with Gasteiger partial charge in [-0.1, -0.05) is 75.0 Å². The lowest BCUT2D eigenvalue weighted by Crippen LogP contribution is -2.24. The molecule has 1 aromatic heterocycles. The van der Waals surface area contributed by atoms with Gasteiger partial charge in [0.1, 0.15) is 0 Å². The predicted octanol–water partition coefficient (Wildman–Crippen LogP) is 5.44. The Morgan fingerprint density at radius 1 is 0.892 bits per heavy atom. The first-order valence-corrected chi connectivity index (χ1v) is 13.0. The second kappa shape index (κ2) is 11.4. The number of amides is 2. The van der Waals surface area contributed by atoms with Crippen LogP contribution in [0.5, 0.6) is 0 Å². The Kier molecular flexibility index (Phi) is 8.08. The quantitative estimate of drug-likeness (QED) is 0.306. The molecular formula is C29H31N5O2S. The zero-order chi connectivity index (χ0) is 26.4. The van der Waals surface area contributed by atoms with Crippen LogP contribution >= 0.6 is 11.8 Å². The van der Waals surface area contributed by atoms with Crippen molar-refractivity contribution in [2.75, 3.05) is 11.1 Å². The van der Waals surface area contributed by atoms with Crippen molar-refractivity contribution in [1.29, 1.82) is 0 Å². The number of anilines is 1. The summed E-state index contributed by atoms with van der Waals surface area (Å²) in [5.74, 6) is 0.714. The number of benzene rings is 3. The molecule has 0 unspecified atom stereocenters. The Labute approximate surface area is 221 Å². The van der Waals surface area contributed by atoms with Crippen LogP contribution in [-0.2, 0) is 23.8 Å². The summed E-state index contributed by atoms with van der Waals surface area (Å²) in [6.45, 7) is 6.93. The third-order valence-electron chi connectivity index (χ3n) is 5.91. The molecule has 8 heteroatoms. The molecule has 0 atom stereocenters. The highest BCUT2D eigenvalue weighted by molar-refractivity contribution is 7.99. The molecule has 0 aliphatic rings. The lowest BCUT2D eigenvalue weighted by atomic mass is 9.87. The zero-order valence-electron chi connectivity index (χ0n) is 21.5. The van der Waals surface area contributed by atoms with Crippen molar-refractivity contribution in [3.8, 4) is 11.4 Å². The van der Waals surface area contributed by atoms with Gasteiger partial charge < -0.3 is 15.2 Å². The average Bonchev–Trinajstić information content (AvgIpc) is 3.27. The fraction of sp³-hybridized carbons (Fsp3) is 0.241. The molecular weight excluding hydrogens is 482 g/mol. The number of hydrogen-bond acceptors (Lipinski definition) is 5. The van der Waals surface area contributed by atoms with Crippen molar-refractivity contribution in [2.24, 2.45) is 7.05 Å². The van der Waals surface area contributed by atoms with Gasteiger partial charge in [-0.2, -0.15) is 0 Å². The Bertz CT molecular complexity index is 1360. The van der Waals surface area contributed by atoms with Crippen LogP contribution in [0.15, 0.2) is 84.0 Å². The smallest absolute Gasteiger partial charge is 0.255 e. The van der Waals surface area contributed by atoms with Crippen molar-refractivity contribution in [1.82, 2.24) is 20.1 Å². The highest BCUT2D eigenvalue weighted by Crippen LogP contribution is 2.25. The summed E-state index contributed by atoms with van der Waals surface area (Å²) in [6.07, 6.45) is 0. The maximum absolute atomic E-state index is 12.7. The number of hydrogen-bond donors (Lipinski definition) is 2. The van der Waals surface area contributed by atoms with Crippen LogP contribution in [0.1, 0.15) is 42.3 Å². The van der Waals surface area contributed by atoms with Crippen LogP contribution in [0.3, 0.4) is 0 Å². The minimum absolute atomic E-state index is 0.0395. The Balaban J connectivity index is 1.33. The van der Waals surface area contributed by atoms with Gasteiger partial charge in [-0.15, -0.1) is 10.2 Å². The van der Waals surface area contributed by atoms with E-state index in [0.29, 0.717) is 28.8 Å². The van der Waals surface area contributed by atoms with Gasteiger partial charge in [0.05, 0.1) is 5.75 Å². The zero-order valence-corrected chi connectivity index (χ0v) is 22.3. The summed E-state index contributed by atoms with van der Waals surface area (Å²) < 4.78 is 1.86. The van der Waals surface area contributed by atoms with E-state index in [0.717, 1.165) is 11.1 Å². The summed E-state index contributed by atoms with van der Waals surface area (Å²) >= 11 is 1.34. The molecule has 37 heavy (non-hydrogen) atoms. The van der Waals surface area contributed by atoms with E-state index in [2.05, 4.69) is 41.6 Å². The highest BCUT2D eigenvalue weighted by atomic mass is 32.2. The minimum Gasteiger partial charge on any atom is -0.351 e. The standard InChI is InChI=1S/C29H31N5O2S/c1-29(2,3)23-14-10-22(11-15-23)27(36)31-24-16-12-21(13-17-24)26-32-33-28(34(26)4)37-19-25(35)30-18-20-8-6-5-7-9-20/h5-17H,18-19H2,1-4H3,(H,30,35)(H,31,36). The maximum atomic E-state index is 12.7. The summed E-state index contributed by atoms with van der Waals surface area (Å²) in [4.78, 5) is 24.9. The molecule has 1 heterocycles. The Morgan fingerprint density at radius 3 is 2.22 bits per heavy atom. The molecule has 0 fully saturated rings. The van der Waals surface area contributed by atoms with Crippen molar-refractivity contribution >= 4 is 29.3 Å². The molecule has 0 aliphatic heterocycles. The number of carbonyl (C=O) groups is 2. The van der Waals surface area contributed by atoms with E-state index in [9.17, 15) is 9.59 Å². The van der Waals surface area contributed by atoms with E-state index in [1.807, 2.05) is 90.5 Å². The summed E-state index contributed by atoms with van der Waals surface area (Å²) in [5, 5.41) is 15.1. The number of nitrogens with zero attached hydrogens (tertiary/aromatic N) is 3. The maximum Gasteiger partial charge on any atom is 0.255 e. The molecule has 0 bridgehead atoms. The third-order valence-corrected chi connectivity index (χ3v) is 6.93. The lowest BCUT2D eigenvalue weighted by molar-refractivity contribution is -0.118. The normalized spacial score (nSPS) is 11.2. The van der Waals surface area contributed by atoms with E-state index in [-0.39, 0.29) is 23.0 Å². The lowest BCUT2D eigenvalue weighted by Gasteiger charge is -2.19. The second-order valence-corrected chi connectivity index (χ2v) is 10.7. The number of carbonyl (C=O) groups excluding carboxylic acids is 2. The number of rotatable bonds is 8. The van der Waals surface area contributed by atoms with Gasteiger partial charge in [0.15, 0.2) is 11.0 Å². The molecule has 0 saturated heterocycles. The van der Waals surface area contributed by atoms with Crippen molar-refractivity contribution in [2.45, 2.75) is 37.9 Å².